The molecule has 4 nitrogen and oxygen atoms in total. The summed E-state index contributed by atoms with van der Waals surface area (Å²) in [6, 6.07) is 8.96. The third-order valence-corrected chi connectivity index (χ3v) is 5.70. The Morgan fingerprint density at radius 2 is 2.00 bits per heavy atom. The summed E-state index contributed by atoms with van der Waals surface area (Å²) in [5.74, 6) is 0.519. The number of nitrogens with zero attached hydrogens (tertiary/aromatic N) is 1. The number of hydrogen-bond acceptors (Lipinski definition) is 3. The number of hydrogen-bond donors (Lipinski definition) is 2. The zero-order valence-corrected chi connectivity index (χ0v) is 15.3. The first-order valence-corrected chi connectivity index (χ1v) is 9.16. The van der Waals surface area contributed by atoms with Crippen LogP contribution in [0.3, 0.4) is 0 Å². The molecule has 0 aromatic heterocycles. The van der Waals surface area contributed by atoms with E-state index in [0.29, 0.717) is 12.6 Å². The van der Waals surface area contributed by atoms with Crippen LogP contribution in [0.2, 0.25) is 0 Å². The molecular formula is C18H29N3OS. The Morgan fingerprint density at radius 3 is 2.61 bits per heavy atom. The van der Waals surface area contributed by atoms with E-state index in [9.17, 15) is 0 Å². The fourth-order valence-electron chi connectivity index (χ4n) is 2.99. The molecule has 1 aromatic rings. The molecule has 128 valence electrons. The van der Waals surface area contributed by atoms with Gasteiger partial charge >= 0.3 is 0 Å². The number of nitrogens with two attached hydrogens (primary N) is 1. The molecule has 2 rings (SSSR count). The smallest absolute Gasteiger partial charge is 0.188 e. The van der Waals surface area contributed by atoms with Crippen LogP contribution in [0, 0.1) is 6.92 Å². The maximum atomic E-state index is 6.03. The summed E-state index contributed by atoms with van der Waals surface area (Å²) >= 11 is 1.96. The Morgan fingerprint density at radius 1 is 1.35 bits per heavy atom. The predicted octanol–water partition coefficient (Wildman–Crippen LogP) is 3.34. The van der Waals surface area contributed by atoms with Gasteiger partial charge in [-0.3, -0.25) is 4.99 Å². The number of ether oxygens (including phenoxy) is 1. The SMILES string of the molecule is COCC(C)NC(N)=NCC1(Sc2ccc(C)cc2)CCCC1. The number of guanidine groups is 1. The largest absolute Gasteiger partial charge is 0.383 e. The van der Waals surface area contributed by atoms with Crippen LogP contribution in [0.5, 0.6) is 0 Å². The first kappa shape index (κ1) is 18.1. The normalized spacial score (nSPS) is 18.8. The highest BCUT2D eigenvalue weighted by atomic mass is 32.2. The monoisotopic (exact) mass is 335 g/mol. The van der Waals surface area contributed by atoms with Gasteiger partial charge in [0.1, 0.15) is 0 Å². The summed E-state index contributed by atoms with van der Waals surface area (Å²) in [6.07, 6.45) is 4.97. The van der Waals surface area contributed by atoms with Gasteiger partial charge in [-0.25, -0.2) is 0 Å². The van der Waals surface area contributed by atoms with Gasteiger partial charge in [-0.15, -0.1) is 11.8 Å². The second kappa shape index (κ2) is 8.60. The minimum atomic E-state index is 0.174. The molecule has 1 aromatic carbocycles. The first-order valence-electron chi connectivity index (χ1n) is 8.34. The average Bonchev–Trinajstić information content (AvgIpc) is 2.97. The van der Waals surface area contributed by atoms with Gasteiger partial charge in [0, 0.05) is 22.8 Å². The maximum absolute atomic E-state index is 6.03. The molecule has 5 heteroatoms. The Hall–Kier alpha value is -1.20. The van der Waals surface area contributed by atoms with E-state index in [-0.39, 0.29) is 10.8 Å². The van der Waals surface area contributed by atoms with Crippen molar-refractivity contribution in [2.24, 2.45) is 10.7 Å². The number of thioether (sulfide) groups is 1. The molecule has 1 fully saturated rings. The van der Waals surface area contributed by atoms with Crippen molar-refractivity contribution in [3.63, 3.8) is 0 Å². The topological polar surface area (TPSA) is 59.6 Å². The van der Waals surface area contributed by atoms with Gasteiger partial charge in [0.05, 0.1) is 13.2 Å². The van der Waals surface area contributed by atoms with E-state index in [1.807, 2.05) is 18.7 Å². The fraction of sp³-hybridized carbons (Fsp3) is 0.611. The van der Waals surface area contributed by atoms with Gasteiger partial charge in [-0.1, -0.05) is 30.5 Å². The molecule has 1 atom stereocenters. The van der Waals surface area contributed by atoms with Gasteiger partial charge in [0.25, 0.3) is 0 Å². The van der Waals surface area contributed by atoms with Crippen molar-refractivity contribution >= 4 is 17.7 Å². The second-order valence-electron chi connectivity index (χ2n) is 6.51. The summed E-state index contributed by atoms with van der Waals surface area (Å²) in [7, 11) is 1.69. The fourth-order valence-corrected chi connectivity index (χ4v) is 4.38. The summed E-state index contributed by atoms with van der Waals surface area (Å²) in [4.78, 5) is 5.95. The maximum Gasteiger partial charge on any atom is 0.188 e. The molecule has 0 spiro atoms. The second-order valence-corrected chi connectivity index (χ2v) is 8.05. The van der Waals surface area contributed by atoms with Crippen LogP contribution in [0.1, 0.15) is 38.2 Å². The minimum Gasteiger partial charge on any atom is -0.383 e. The highest BCUT2D eigenvalue weighted by molar-refractivity contribution is 8.00. The van der Waals surface area contributed by atoms with Crippen molar-refractivity contribution in [1.82, 2.24) is 5.32 Å². The van der Waals surface area contributed by atoms with Gasteiger partial charge in [0.15, 0.2) is 5.96 Å². The Labute approximate surface area is 144 Å². The van der Waals surface area contributed by atoms with Crippen molar-refractivity contribution in [3.05, 3.63) is 29.8 Å². The van der Waals surface area contributed by atoms with E-state index in [0.717, 1.165) is 6.54 Å². The van der Waals surface area contributed by atoms with E-state index in [1.165, 1.54) is 36.1 Å². The van der Waals surface area contributed by atoms with Crippen LogP contribution in [0.15, 0.2) is 34.2 Å². The summed E-state index contributed by atoms with van der Waals surface area (Å²) in [6.45, 7) is 5.56. The van der Waals surface area contributed by atoms with E-state index in [2.05, 4.69) is 41.5 Å². The molecule has 23 heavy (non-hydrogen) atoms. The van der Waals surface area contributed by atoms with Crippen molar-refractivity contribution in [2.45, 2.75) is 55.2 Å². The van der Waals surface area contributed by atoms with Crippen LogP contribution in [-0.2, 0) is 4.74 Å². The molecule has 1 aliphatic carbocycles. The predicted molar refractivity (Wildman–Crippen MR) is 99.2 cm³/mol. The molecule has 0 radical (unpaired) electrons. The number of rotatable bonds is 7. The van der Waals surface area contributed by atoms with Crippen molar-refractivity contribution in [3.8, 4) is 0 Å². The molecule has 0 amide bonds. The third-order valence-electron chi connectivity index (χ3n) is 4.22. The van der Waals surface area contributed by atoms with Gasteiger partial charge in [-0.05, 0) is 38.8 Å². The van der Waals surface area contributed by atoms with E-state index in [1.54, 1.807) is 7.11 Å². The number of methoxy groups -OCH3 is 1. The number of nitrogens with one attached hydrogen (secondary N) is 1. The van der Waals surface area contributed by atoms with Crippen LogP contribution >= 0.6 is 11.8 Å². The number of aliphatic imine (C=N–C) groups is 1. The highest BCUT2D eigenvalue weighted by Crippen LogP contribution is 2.45. The lowest BCUT2D eigenvalue weighted by Gasteiger charge is -2.27. The van der Waals surface area contributed by atoms with E-state index in [4.69, 9.17) is 10.5 Å². The van der Waals surface area contributed by atoms with Crippen molar-refractivity contribution in [2.75, 3.05) is 20.3 Å². The lowest BCUT2D eigenvalue weighted by atomic mass is 10.1. The molecule has 1 unspecified atom stereocenters. The van der Waals surface area contributed by atoms with Gasteiger partial charge < -0.3 is 15.8 Å². The molecule has 0 heterocycles. The van der Waals surface area contributed by atoms with Gasteiger partial charge in [0.2, 0.25) is 0 Å². The first-order chi connectivity index (χ1) is 11.0. The zero-order chi connectivity index (χ0) is 16.7. The standard InChI is InChI=1S/C18H29N3OS/c1-14-6-8-16(9-7-14)23-18(10-4-5-11-18)13-20-17(19)21-15(2)12-22-3/h6-9,15H,4-5,10-13H2,1-3H3,(H3,19,20,21). The van der Waals surface area contributed by atoms with E-state index < -0.39 is 0 Å². The van der Waals surface area contributed by atoms with Crippen molar-refractivity contribution in [1.29, 1.82) is 0 Å². The van der Waals surface area contributed by atoms with Crippen LogP contribution in [0.4, 0.5) is 0 Å². The summed E-state index contributed by atoms with van der Waals surface area (Å²) in [5.41, 5.74) is 7.33. The van der Waals surface area contributed by atoms with Crippen LogP contribution in [0.25, 0.3) is 0 Å². The van der Waals surface area contributed by atoms with Gasteiger partial charge in [-0.2, -0.15) is 0 Å². The van der Waals surface area contributed by atoms with Crippen LogP contribution < -0.4 is 11.1 Å². The highest BCUT2D eigenvalue weighted by Gasteiger charge is 2.34. The zero-order valence-electron chi connectivity index (χ0n) is 14.5. The third kappa shape index (κ3) is 5.74. The quantitative estimate of drug-likeness (QED) is 0.593. The van der Waals surface area contributed by atoms with Crippen molar-refractivity contribution < 1.29 is 4.74 Å². The average molecular weight is 336 g/mol. The Bertz CT molecular complexity index is 510. The molecule has 0 aliphatic heterocycles. The summed E-state index contributed by atoms with van der Waals surface area (Å²) in [5, 5.41) is 3.19. The Balaban J connectivity index is 1.98. The molecule has 1 saturated carbocycles. The molecule has 3 N–H and O–H groups in total. The number of aryl methyl sites for hydroxylation is 1. The van der Waals surface area contributed by atoms with Crippen LogP contribution in [-0.4, -0.2) is 37.0 Å². The Kier molecular flexibility index (Phi) is 6.78. The lowest BCUT2D eigenvalue weighted by molar-refractivity contribution is 0.179. The minimum absolute atomic E-state index is 0.174. The lowest BCUT2D eigenvalue weighted by Crippen LogP contribution is -2.41. The molecule has 0 saturated heterocycles. The molecular weight excluding hydrogens is 306 g/mol. The molecule has 1 aliphatic rings. The van der Waals surface area contributed by atoms with E-state index >= 15 is 0 Å². The number of benzene rings is 1. The molecule has 0 bridgehead atoms. The summed E-state index contributed by atoms with van der Waals surface area (Å²) < 4.78 is 5.30.